The van der Waals surface area contributed by atoms with E-state index in [2.05, 4.69) is 16.4 Å². The zero-order chi connectivity index (χ0) is 10.7. The molecule has 2 heterocycles. The quantitative estimate of drug-likeness (QED) is 0.789. The molecular weight excluding hydrogens is 208 g/mol. The normalized spacial score (nSPS) is 19.8. The smallest absolute Gasteiger partial charge is 0.144 e. The Morgan fingerprint density at radius 3 is 3.20 bits per heavy atom. The Kier molecular flexibility index (Phi) is 2.97. The summed E-state index contributed by atoms with van der Waals surface area (Å²) in [6.07, 6.45) is 2.70. The Hall–Kier alpha value is -1.41. The summed E-state index contributed by atoms with van der Waals surface area (Å²) in [4.78, 5) is 4.14. The van der Waals surface area contributed by atoms with Crippen LogP contribution in [0.4, 0.5) is 11.5 Å². The minimum Gasteiger partial charge on any atom is -0.397 e. The van der Waals surface area contributed by atoms with Crippen LogP contribution >= 0.6 is 11.8 Å². The summed E-state index contributed by atoms with van der Waals surface area (Å²) in [6.45, 7) is 0. The van der Waals surface area contributed by atoms with Gasteiger partial charge < -0.3 is 11.1 Å². The third-order valence-electron chi connectivity index (χ3n) is 2.30. The van der Waals surface area contributed by atoms with Crippen LogP contribution in [0.5, 0.6) is 0 Å². The van der Waals surface area contributed by atoms with Crippen LogP contribution in [-0.4, -0.2) is 22.5 Å². The highest BCUT2D eigenvalue weighted by Crippen LogP contribution is 2.22. The first-order valence-electron chi connectivity index (χ1n) is 4.79. The first kappa shape index (κ1) is 10.1. The average molecular weight is 220 g/mol. The van der Waals surface area contributed by atoms with Gasteiger partial charge in [0.1, 0.15) is 11.9 Å². The predicted octanol–water partition coefficient (Wildman–Crippen LogP) is 1.45. The van der Waals surface area contributed by atoms with E-state index in [1.54, 1.807) is 12.3 Å². The summed E-state index contributed by atoms with van der Waals surface area (Å²) < 4.78 is 0. The molecule has 0 aliphatic carbocycles. The van der Waals surface area contributed by atoms with Gasteiger partial charge in [0.25, 0.3) is 0 Å². The molecule has 1 saturated heterocycles. The van der Waals surface area contributed by atoms with Crippen molar-refractivity contribution in [1.82, 2.24) is 4.98 Å². The van der Waals surface area contributed by atoms with Crippen LogP contribution in [-0.2, 0) is 0 Å². The molecule has 0 spiro atoms. The topological polar surface area (TPSA) is 74.7 Å². The van der Waals surface area contributed by atoms with E-state index in [0.717, 1.165) is 12.2 Å². The van der Waals surface area contributed by atoms with E-state index < -0.39 is 0 Å². The molecule has 1 aromatic heterocycles. The van der Waals surface area contributed by atoms with Crippen molar-refractivity contribution < 1.29 is 0 Å². The number of thioether (sulfide) groups is 1. The van der Waals surface area contributed by atoms with Crippen LogP contribution in [0.2, 0.25) is 0 Å². The summed E-state index contributed by atoms with van der Waals surface area (Å²) in [5, 5.41) is 12.2. The maximum atomic E-state index is 8.93. The Morgan fingerprint density at radius 2 is 2.53 bits per heavy atom. The molecule has 0 radical (unpaired) electrons. The van der Waals surface area contributed by atoms with Gasteiger partial charge in [0.15, 0.2) is 0 Å². The van der Waals surface area contributed by atoms with Crippen molar-refractivity contribution in [1.29, 1.82) is 5.26 Å². The Labute approximate surface area is 92.9 Å². The molecule has 1 unspecified atom stereocenters. The highest BCUT2D eigenvalue weighted by molar-refractivity contribution is 7.99. The number of pyridine rings is 1. The average Bonchev–Trinajstić information content (AvgIpc) is 2.73. The van der Waals surface area contributed by atoms with Crippen LogP contribution in [0.3, 0.4) is 0 Å². The van der Waals surface area contributed by atoms with Gasteiger partial charge in [-0.1, -0.05) is 0 Å². The zero-order valence-electron chi connectivity index (χ0n) is 8.23. The Morgan fingerprint density at radius 1 is 1.67 bits per heavy atom. The second-order valence-corrected chi connectivity index (χ2v) is 4.63. The fourth-order valence-electron chi connectivity index (χ4n) is 1.52. The van der Waals surface area contributed by atoms with Gasteiger partial charge in [0, 0.05) is 11.8 Å². The lowest BCUT2D eigenvalue weighted by molar-refractivity contribution is 0.806. The fraction of sp³-hybridized carbons (Fsp3) is 0.400. The molecule has 1 aliphatic rings. The third kappa shape index (κ3) is 2.34. The summed E-state index contributed by atoms with van der Waals surface area (Å²) in [5.74, 6) is 2.91. The summed E-state index contributed by atoms with van der Waals surface area (Å²) in [5.41, 5.74) is 6.61. The fourth-order valence-corrected chi connectivity index (χ4v) is 2.68. The van der Waals surface area contributed by atoms with E-state index in [0.29, 0.717) is 23.1 Å². The van der Waals surface area contributed by atoms with Crippen LogP contribution in [0.25, 0.3) is 0 Å². The van der Waals surface area contributed by atoms with E-state index >= 15 is 0 Å². The molecule has 0 amide bonds. The van der Waals surface area contributed by atoms with Crippen molar-refractivity contribution in [3.8, 4) is 6.07 Å². The van der Waals surface area contributed by atoms with Crippen molar-refractivity contribution in [2.45, 2.75) is 12.5 Å². The van der Waals surface area contributed by atoms with Gasteiger partial charge in [0.2, 0.25) is 0 Å². The van der Waals surface area contributed by atoms with E-state index in [1.165, 1.54) is 5.75 Å². The maximum absolute atomic E-state index is 8.93. The van der Waals surface area contributed by atoms with Crippen molar-refractivity contribution in [3.05, 3.63) is 17.8 Å². The lowest BCUT2D eigenvalue weighted by Crippen LogP contribution is -2.19. The largest absolute Gasteiger partial charge is 0.397 e. The second kappa shape index (κ2) is 4.41. The SMILES string of the molecule is N#Cc1cc(N)cnc1NC1CCSC1. The molecule has 78 valence electrons. The zero-order valence-corrected chi connectivity index (χ0v) is 9.05. The van der Waals surface area contributed by atoms with Gasteiger partial charge >= 0.3 is 0 Å². The van der Waals surface area contributed by atoms with E-state index in [4.69, 9.17) is 11.0 Å². The standard InChI is InChI=1S/C10H12N4S/c11-4-7-3-8(12)5-13-10(7)14-9-1-2-15-6-9/h3,5,9H,1-2,6,12H2,(H,13,14). The van der Waals surface area contributed by atoms with E-state index in [-0.39, 0.29) is 0 Å². The van der Waals surface area contributed by atoms with Gasteiger partial charge in [-0.05, 0) is 18.2 Å². The minimum atomic E-state index is 0.429. The van der Waals surface area contributed by atoms with Gasteiger partial charge in [-0.25, -0.2) is 4.98 Å². The molecule has 1 aliphatic heterocycles. The van der Waals surface area contributed by atoms with Gasteiger partial charge in [0.05, 0.1) is 17.4 Å². The highest BCUT2D eigenvalue weighted by Gasteiger charge is 2.16. The maximum Gasteiger partial charge on any atom is 0.144 e. The molecule has 0 aromatic carbocycles. The Bertz CT molecular complexity index is 393. The lowest BCUT2D eigenvalue weighted by atomic mass is 10.2. The lowest BCUT2D eigenvalue weighted by Gasteiger charge is -2.12. The molecule has 0 saturated carbocycles. The molecule has 0 bridgehead atoms. The number of anilines is 2. The number of nitrogens with one attached hydrogen (secondary N) is 1. The summed E-state index contributed by atoms with van der Waals surface area (Å²) in [7, 11) is 0. The number of nitrogens with zero attached hydrogens (tertiary/aromatic N) is 2. The number of nitrogen functional groups attached to an aromatic ring is 1. The van der Waals surface area contributed by atoms with Crippen molar-refractivity contribution >= 4 is 23.3 Å². The van der Waals surface area contributed by atoms with Crippen LogP contribution in [0.1, 0.15) is 12.0 Å². The van der Waals surface area contributed by atoms with Crippen LogP contribution in [0, 0.1) is 11.3 Å². The highest BCUT2D eigenvalue weighted by atomic mass is 32.2. The summed E-state index contributed by atoms with van der Waals surface area (Å²) in [6, 6.07) is 4.18. The second-order valence-electron chi connectivity index (χ2n) is 3.48. The molecule has 5 heteroatoms. The first-order valence-corrected chi connectivity index (χ1v) is 5.95. The number of rotatable bonds is 2. The summed E-state index contributed by atoms with van der Waals surface area (Å²) >= 11 is 1.92. The van der Waals surface area contributed by atoms with Crippen molar-refractivity contribution in [2.24, 2.45) is 0 Å². The van der Waals surface area contributed by atoms with E-state index in [1.807, 2.05) is 11.8 Å². The molecule has 3 N–H and O–H groups in total. The Balaban J connectivity index is 2.16. The number of nitrogens with two attached hydrogens (primary N) is 1. The molecule has 2 rings (SSSR count). The number of nitriles is 1. The first-order chi connectivity index (χ1) is 7.29. The van der Waals surface area contributed by atoms with Gasteiger partial charge in [-0.2, -0.15) is 17.0 Å². The molecule has 1 fully saturated rings. The van der Waals surface area contributed by atoms with Gasteiger partial charge in [-0.15, -0.1) is 0 Å². The number of aromatic nitrogens is 1. The number of hydrogen-bond acceptors (Lipinski definition) is 5. The van der Waals surface area contributed by atoms with E-state index in [9.17, 15) is 0 Å². The third-order valence-corrected chi connectivity index (χ3v) is 3.46. The molecule has 1 aromatic rings. The van der Waals surface area contributed by atoms with Crippen LogP contribution in [0.15, 0.2) is 12.3 Å². The van der Waals surface area contributed by atoms with Gasteiger partial charge in [-0.3, -0.25) is 0 Å². The molecule has 4 nitrogen and oxygen atoms in total. The van der Waals surface area contributed by atoms with Crippen LogP contribution < -0.4 is 11.1 Å². The molecule has 1 atom stereocenters. The molecule has 15 heavy (non-hydrogen) atoms. The minimum absolute atomic E-state index is 0.429. The monoisotopic (exact) mass is 220 g/mol. The number of hydrogen-bond donors (Lipinski definition) is 2. The van der Waals surface area contributed by atoms with Crippen molar-refractivity contribution in [2.75, 3.05) is 22.6 Å². The predicted molar refractivity (Wildman–Crippen MR) is 62.7 cm³/mol. The van der Waals surface area contributed by atoms with Crippen molar-refractivity contribution in [3.63, 3.8) is 0 Å². The molecular formula is C10H12N4S.